The minimum absolute atomic E-state index is 0.0803. The Morgan fingerprint density at radius 2 is 1.88 bits per heavy atom. The molecule has 1 heterocycles. The van der Waals surface area contributed by atoms with Gasteiger partial charge in [0.25, 0.3) is 10.1 Å². The van der Waals surface area contributed by atoms with E-state index in [-0.39, 0.29) is 11.3 Å². The Bertz CT molecular complexity index is 797. The summed E-state index contributed by atoms with van der Waals surface area (Å²) in [5.74, 6) is -0.793. The van der Waals surface area contributed by atoms with Gasteiger partial charge in [-0.15, -0.1) is 0 Å². The van der Waals surface area contributed by atoms with Crippen LogP contribution < -0.4 is 0 Å². The fraction of sp³-hybridized carbons (Fsp3) is 0.529. The first-order chi connectivity index (χ1) is 11.1. The van der Waals surface area contributed by atoms with Gasteiger partial charge in [-0.1, -0.05) is 19.8 Å². The second kappa shape index (κ2) is 6.64. The van der Waals surface area contributed by atoms with Gasteiger partial charge in [0.2, 0.25) is 0 Å². The molecule has 0 aromatic heterocycles. The topological polar surface area (TPSA) is 104 Å². The standard InChI is InChI=1S/C17H23NO5S/c1-11-9-14-13(10-15(11)24(21,22)23)17(3,12(2)18-14)8-6-4-5-7-16(19)20/h9-10H,4-8H2,1-3H3,(H,19,20)(H,21,22,23). The van der Waals surface area contributed by atoms with Crippen molar-refractivity contribution in [1.82, 2.24) is 0 Å². The summed E-state index contributed by atoms with van der Waals surface area (Å²) in [6, 6.07) is 3.22. The minimum atomic E-state index is -4.28. The largest absolute Gasteiger partial charge is 0.481 e. The number of aliphatic carboxylic acids is 1. The average Bonchev–Trinajstić information content (AvgIpc) is 2.67. The predicted octanol–water partition coefficient (Wildman–Crippen LogP) is 3.64. The maximum absolute atomic E-state index is 11.6. The maximum atomic E-state index is 11.6. The molecule has 0 fully saturated rings. The van der Waals surface area contributed by atoms with Crippen LogP contribution in [0.4, 0.5) is 5.69 Å². The van der Waals surface area contributed by atoms with E-state index in [0.717, 1.165) is 36.2 Å². The minimum Gasteiger partial charge on any atom is -0.481 e. The van der Waals surface area contributed by atoms with E-state index in [2.05, 4.69) is 4.99 Å². The molecule has 2 N–H and O–H groups in total. The molecule has 1 aromatic rings. The number of carboxylic acid groups (broad SMARTS) is 1. The molecule has 24 heavy (non-hydrogen) atoms. The van der Waals surface area contributed by atoms with Gasteiger partial charge < -0.3 is 5.11 Å². The van der Waals surface area contributed by atoms with E-state index in [0.29, 0.717) is 12.0 Å². The van der Waals surface area contributed by atoms with Crippen LogP contribution in [0.5, 0.6) is 0 Å². The predicted molar refractivity (Wildman–Crippen MR) is 91.8 cm³/mol. The molecular formula is C17H23NO5S. The van der Waals surface area contributed by atoms with Crippen LogP contribution >= 0.6 is 0 Å². The highest BCUT2D eigenvalue weighted by molar-refractivity contribution is 7.85. The van der Waals surface area contributed by atoms with Crippen molar-refractivity contribution in [3.63, 3.8) is 0 Å². The summed E-state index contributed by atoms with van der Waals surface area (Å²) in [4.78, 5) is 15.0. The molecule has 0 amide bonds. The lowest BCUT2D eigenvalue weighted by Crippen LogP contribution is -2.27. The van der Waals surface area contributed by atoms with Crippen molar-refractivity contribution in [2.24, 2.45) is 4.99 Å². The number of aryl methyl sites for hydroxylation is 1. The lowest BCUT2D eigenvalue weighted by molar-refractivity contribution is -0.137. The Balaban J connectivity index is 2.25. The number of rotatable bonds is 7. The summed E-state index contributed by atoms with van der Waals surface area (Å²) < 4.78 is 32.6. The number of unbranched alkanes of at least 4 members (excludes halogenated alkanes) is 2. The lowest BCUT2D eigenvalue weighted by atomic mass is 9.75. The molecule has 0 spiro atoms. The van der Waals surface area contributed by atoms with Gasteiger partial charge >= 0.3 is 5.97 Å². The SMILES string of the molecule is CC1=Nc2cc(C)c(S(=O)(=O)O)cc2C1(C)CCCCCC(=O)O. The van der Waals surface area contributed by atoms with E-state index < -0.39 is 21.5 Å². The zero-order valence-corrected chi connectivity index (χ0v) is 15.0. The van der Waals surface area contributed by atoms with E-state index in [1.165, 1.54) is 6.07 Å². The van der Waals surface area contributed by atoms with Gasteiger partial charge in [0.05, 0.1) is 10.6 Å². The molecule has 0 saturated carbocycles. The second-order valence-electron chi connectivity index (χ2n) is 6.59. The highest BCUT2D eigenvalue weighted by atomic mass is 32.2. The van der Waals surface area contributed by atoms with Crippen molar-refractivity contribution in [3.8, 4) is 0 Å². The van der Waals surface area contributed by atoms with Crippen molar-refractivity contribution in [2.45, 2.75) is 63.2 Å². The Morgan fingerprint density at radius 3 is 2.46 bits per heavy atom. The van der Waals surface area contributed by atoms with E-state index in [4.69, 9.17) is 5.11 Å². The van der Waals surface area contributed by atoms with Crippen molar-refractivity contribution in [2.75, 3.05) is 0 Å². The molecule has 0 radical (unpaired) electrons. The number of fused-ring (bicyclic) bond motifs is 1. The lowest BCUT2D eigenvalue weighted by Gasteiger charge is -2.26. The molecule has 1 unspecified atom stereocenters. The molecule has 132 valence electrons. The number of hydrogen-bond acceptors (Lipinski definition) is 4. The molecule has 6 nitrogen and oxygen atoms in total. The van der Waals surface area contributed by atoms with Crippen LogP contribution in [0.1, 0.15) is 57.1 Å². The molecule has 1 aliphatic rings. The van der Waals surface area contributed by atoms with Crippen molar-refractivity contribution >= 4 is 27.5 Å². The highest BCUT2D eigenvalue weighted by Gasteiger charge is 2.37. The van der Waals surface area contributed by atoms with Gasteiger partial charge in [-0.05, 0) is 49.9 Å². The van der Waals surface area contributed by atoms with E-state index in [1.54, 1.807) is 13.0 Å². The molecular weight excluding hydrogens is 330 g/mol. The van der Waals surface area contributed by atoms with Crippen LogP contribution in [0.3, 0.4) is 0 Å². The molecule has 7 heteroatoms. The molecule has 1 aliphatic heterocycles. The van der Waals surface area contributed by atoms with E-state index >= 15 is 0 Å². The molecule has 0 aliphatic carbocycles. The van der Waals surface area contributed by atoms with Gasteiger partial charge in [0.1, 0.15) is 0 Å². The third kappa shape index (κ3) is 3.67. The van der Waals surface area contributed by atoms with Crippen LogP contribution in [-0.2, 0) is 20.3 Å². The summed E-state index contributed by atoms with van der Waals surface area (Å²) in [7, 11) is -4.28. The van der Waals surface area contributed by atoms with Crippen molar-refractivity contribution in [3.05, 3.63) is 23.3 Å². The number of carbonyl (C=O) groups is 1. The smallest absolute Gasteiger partial charge is 0.303 e. The zero-order valence-electron chi connectivity index (χ0n) is 14.2. The average molecular weight is 353 g/mol. The number of nitrogens with zero attached hydrogens (tertiary/aromatic N) is 1. The third-order valence-corrected chi connectivity index (χ3v) is 5.82. The molecule has 1 atom stereocenters. The molecule has 0 saturated heterocycles. The van der Waals surface area contributed by atoms with Crippen LogP contribution in [0.2, 0.25) is 0 Å². The summed E-state index contributed by atoms with van der Waals surface area (Å²) in [6.07, 6.45) is 3.15. The fourth-order valence-corrected chi connectivity index (χ4v) is 3.96. The summed E-state index contributed by atoms with van der Waals surface area (Å²) in [6.45, 7) is 5.56. The van der Waals surface area contributed by atoms with Gasteiger partial charge in [0, 0.05) is 17.5 Å². The van der Waals surface area contributed by atoms with Crippen LogP contribution in [0, 0.1) is 6.92 Å². The maximum Gasteiger partial charge on any atom is 0.303 e. The van der Waals surface area contributed by atoms with Gasteiger partial charge in [-0.2, -0.15) is 8.42 Å². The quantitative estimate of drug-likeness (QED) is 0.575. The second-order valence-corrected chi connectivity index (χ2v) is 7.98. The Kier molecular flexibility index (Phi) is 5.15. The van der Waals surface area contributed by atoms with Crippen LogP contribution in [0.25, 0.3) is 0 Å². The summed E-state index contributed by atoms with van der Waals surface area (Å²) in [5, 5.41) is 8.68. The first-order valence-electron chi connectivity index (χ1n) is 7.96. The van der Waals surface area contributed by atoms with Crippen molar-refractivity contribution < 1.29 is 22.9 Å². The number of carboxylic acids is 1. The Hall–Kier alpha value is -1.73. The van der Waals surface area contributed by atoms with E-state index in [9.17, 15) is 17.8 Å². The van der Waals surface area contributed by atoms with Gasteiger partial charge in [-0.3, -0.25) is 14.3 Å². The third-order valence-electron chi connectivity index (χ3n) is 4.82. The first-order valence-corrected chi connectivity index (χ1v) is 9.40. The summed E-state index contributed by atoms with van der Waals surface area (Å²) >= 11 is 0. The monoisotopic (exact) mass is 353 g/mol. The highest BCUT2D eigenvalue weighted by Crippen LogP contribution is 2.45. The molecule has 1 aromatic carbocycles. The van der Waals surface area contributed by atoms with E-state index in [1.807, 2.05) is 13.8 Å². The Morgan fingerprint density at radius 1 is 1.21 bits per heavy atom. The number of aliphatic imine (C=N–C) groups is 1. The number of hydrogen-bond donors (Lipinski definition) is 2. The zero-order chi connectivity index (χ0) is 18.1. The van der Waals surface area contributed by atoms with Crippen LogP contribution in [0.15, 0.2) is 22.0 Å². The normalized spacial score (nSPS) is 19.9. The molecule has 2 rings (SSSR count). The fourth-order valence-electron chi connectivity index (χ4n) is 3.23. The van der Waals surface area contributed by atoms with Crippen molar-refractivity contribution in [1.29, 1.82) is 0 Å². The van der Waals surface area contributed by atoms with Gasteiger partial charge in [-0.25, -0.2) is 0 Å². The van der Waals surface area contributed by atoms with Gasteiger partial charge in [0.15, 0.2) is 0 Å². The van der Waals surface area contributed by atoms with Crippen LogP contribution in [-0.4, -0.2) is 29.8 Å². The first kappa shape index (κ1) is 18.6. The number of benzene rings is 1. The Labute approximate surface area is 142 Å². The molecule has 0 bridgehead atoms. The summed E-state index contributed by atoms with van der Waals surface area (Å²) in [5.41, 5.74) is 2.52.